The molecule has 2 aromatic rings. The normalized spacial score (nSPS) is 13.9. The molecule has 1 atom stereocenters. The Morgan fingerprint density at radius 3 is 2.68 bits per heavy atom. The van der Waals surface area contributed by atoms with Crippen LogP contribution in [0, 0.1) is 0 Å². The van der Waals surface area contributed by atoms with Crippen molar-refractivity contribution in [3.63, 3.8) is 0 Å². The number of furan rings is 1. The minimum atomic E-state index is -4.13. The van der Waals surface area contributed by atoms with E-state index in [0.717, 1.165) is 10.9 Å². The number of hydrazine groups is 1. The van der Waals surface area contributed by atoms with Gasteiger partial charge in [0.15, 0.2) is 0 Å². The fourth-order valence-electron chi connectivity index (χ4n) is 2.10. The third kappa shape index (κ3) is 3.48. The molecule has 0 spiro atoms. The molecule has 1 aromatic carbocycles. The molecule has 0 fully saturated rings. The zero-order chi connectivity index (χ0) is 13.9. The predicted molar refractivity (Wildman–Crippen MR) is 66.2 cm³/mol. The quantitative estimate of drug-likeness (QED) is 0.645. The minimum absolute atomic E-state index is 0.0257. The van der Waals surface area contributed by atoms with Crippen LogP contribution in [-0.2, 0) is 0 Å². The van der Waals surface area contributed by atoms with Crippen molar-refractivity contribution in [2.75, 3.05) is 0 Å². The topological polar surface area (TPSA) is 51.2 Å². The Morgan fingerprint density at radius 2 is 2.00 bits per heavy atom. The first-order chi connectivity index (χ1) is 9.01. The van der Waals surface area contributed by atoms with Crippen molar-refractivity contribution in [1.29, 1.82) is 0 Å². The number of benzene rings is 1. The molecule has 19 heavy (non-hydrogen) atoms. The van der Waals surface area contributed by atoms with Gasteiger partial charge in [-0.3, -0.25) is 11.3 Å². The fourth-order valence-corrected chi connectivity index (χ4v) is 2.10. The summed E-state index contributed by atoms with van der Waals surface area (Å²) >= 11 is 0. The van der Waals surface area contributed by atoms with Crippen LogP contribution in [-0.4, -0.2) is 6.18 Å². The van der Waals surface area contributed by atoms with E-state index in [9.17, 15) is 13.2 Å². The van der Waals surface area contributed by atoms with Gasteiger partial charge in [-0.15, -0.1) is 0 Å². The molecule has 0 saturated heterocycles. The van der Waals surface area contributed by atoms with Gasteiger partial charge in [0.2, 0.25) is 0 Å². The van der Waals surface area contributed by atoms with Crippen molar-refractivity contribution in [2.24, 2.45) is 5.84 Å². The largest absolute Gasteiger partial charge is 0.464 e. The van der Waals surface area contributed by atoms with Gasteiger partial charge in [0.05, 0.1) is 6.26 Å². The zero-order valence-corrected chi connectivity index (χ0v) is 10.2. The van der Waals surface area contributed by atoms with Crippen molar-refractivity contribution in [3.8, 4) is 0 Å². The van der Waals surface area contributed by atoms with Crippen LogP contribution in [0.5, 0.6) is 0 Å². The molecule has 0 aliphatic heterocycles. The number of rotatable bonds is 5. The van der Waals surface area contributed by atoms with Crippen LogP contribution in [0.1, 0.15) is 30.9 Å². The van der Waals surface area contributed by atoms with E-state index in [2.05, 4.69) is 5.43 Å². The molecule has 1 heterocycles. The first-order valence-corrected chi connectivity index (χ1v) is 6.00. The van der Waals surface area contributed by atoms with Gasteiger partial charge in [0.1, 0.15) is 5.58 Å². The van der Waals surface area contributed by atoms with Crippen LogP contribution in [0.25, 0.3) is 11.0 Å². The summed E-state index contributed by atoms with van der Waals surface area (Å²) in [4.78, 5) is 0. The maximum atomic E-state index is 12.1. The molecular formula is C13H15F3N2O. The van der Waals surface area contributed by atoms with Gasteiger partial charge in [0.25, 0.3) is 0 Å². The Bertz CT molecular complexity index is 536. The molecule has 104 valence electrons. The summed E-state index contributed by atoms with van der Waals surface area (Å²) in [5, 5.41) is 0.873. The number of halogens is 3. The first kappa shape index (κ1) is 13.9. The van der Waals surface area contributed by atoms with E-state index >= 15 is 0 Å². The third-order valence-electron chi connectivity index (χ3n) is 3.04. The summed E-state index contributed by atoms with van der Waals surface area (Å²) in [6, 6.07) is 7.02. The molecule has 0 amide bonds. The molecular weight excluding hydrogens is 257 g/mol. The Hall–Kier alpha value is -1.53. The highest BCUT2D eigenvalue weighted by molar-refractivity contribution is 5.81. The number of nitrogens with two attached hydrogens (primary N) is 1. The summed E-state index contributed by atoms with van der Waals surface area (Å²) in [7, 11) is 0. The molecule has 6 heteroatoms. The zero-order valence-electron chi connectivity index (χ0n) is 10.2. The van der Waals surface area contributed by atoms with E-state index in [1.165, 1.54) is 0 Å². The number of nitrogens with one attached hydrogen (secondary N) is 1. The molecule has 0 aliphatic rings. The molecule has 0 bridgehead atoms. The second-order valence-corrected chi connectivity index (χ2v) is 4.41. The average molecular weight is 272 g/mol. The highest BCUT2D eigenvalue weighted by Gasteiger charge is 2.27. The van der Waals surface area contributed by atoms with Crippen molar-refractivity contribution in [2.45, 2.75) is 31.5 Å². The Morgan fingerprint density at radius 1 is 1.26 bits per heavy atom. The summed E-state index contributed by atoms with van der Waals surface area (Å²) in [5.41, 5.74) is 4.05. The number of alkyl halides is 3. The highest BCUT2D eigenvalue weighted by atomic mass is 19.4. The van der Waals surface area contributed by atoms with E-state index in [1.807, 2.05) is 24.3 Å². The van der Waals surface area contributed by atoms with Gasteiger partial charge in [0, 0.05) is 23.4 Å². The fraction of sp³-hybridized carbons (Fsp3) is 0.385. The van der Waals surface area contributed by atoms with Gasteiger partial charge in [-0.25, -0.2) is 0 Å². The number of hydrogen-bond donors (Lipinski definition) is 2. The maximum absolute atomic E-state index is 12.1. The maximum Gasteiger partial charge on any atom is 0.389 e. The van der Waals surface area contributed by atoms with Crippen molar-refractivity contribution in [3.05, 3.63) is 36.1 Å². The lowest BCUT2D eigenvalue weighted by Crippen LogP contribution is -2.28. The Balaban J connectivity index is 2.09. The molecule has 2 rings (SSSR count). The van der Waals surface area contributed by atoms with E-state index in [-0.39, 0.29) is 12.5 Å². The first-order valence-electron chi connectivity index (χ1n) is 6.00. The SMILES string of the molecule is NNC(CCCC(F)(F)F)c1coc2ccccc12. The van der Waals surface area contributed by atoms with E-state index in [1.54, 1.807) is 6.26 Å². The van der Waals surface area contributed by atoms with Crippen molar-refractivity contribution >= 4 is 11.0 Å². The van der Waals surface area contributed by atoms with Crippen LogP contribution < -0.4 is 11.3 Å². The number of para-hydroxylation sites is 1. The number of fused-ring (bicyclic) bond motifs is 1. The predicted octanol–water partition coefficient (Wildman–Crippen LogP) is 3.67. The minimum Gasteiger partial charge on any atom is -0.464 e. The second-order valence-electron chi connectivity index (χ2n) is 4.41. The molecule has 1 unspecified atom stereocenters. The van der Waals surface area contributed by atoms with Crippen LogP contribution >= 0.6 is 0 Å². The molecule has 0 aliphatic carbocycles. The number of hydrogen-bond acceptors (Lipinski definition) is 3. The summed E-state index contributed by atoms with van der Waals surface area (Å²) in [6.07, 6.45) is -3.06. The van der Waals surface area contributed by atoms with E-state index in [0.29, 0.717) is 12.0 Å². The molecule has 0 saturated carbocycles. The van der Waals surface area contributed by atoms with Gasteiger partial charge < -0.3 is 4.42 Å². The lowest BCUT2D eigenvalue weighted by atomic mass is 10.0. The van der Waals surface area contributed by atoms with Crippen LogP contribution in [0.3, 0.4) is 0 Å². The van der Waals surface area contributed by atoms with Crippen LogP contribution in [0.2, 0.25) is 0 Å². The molecule has 3 N–H and O–H groups in total. The van der Waals surface area contributed by atoms with Crippen LogP contribution in [0.15, 0.2) is 34.9 Å². The Labute approximate surface area is 108 Å². The highest BCUT2D eigenvalue weighted by Crippen LogP contribution is 2.30. The van der Waals surface area contributed by atoms with Crippen molar-refractivity contribution < 1.29 is 17.6 Å². The molecule has 3 nitrogen and oxygen atoms in total. The third-order valence-corrected chi connectivity index (χ3v) is 3.04. The molecule has 0 radical (unpaired) electrons. The van der Waals surface area contributed by atoms with Crippen molar-refractivity contribution in [1.82, 2.24) is 5.43 Å². The average Bonchev–Trinajstić information content (AvgIpc) is 2.77. The van der Waals surface area contributed by atoms with Gasteiger partial charge in [-0.1, -0.05) is 18.2 Å². The standard InChI is InChI=1S/C13H15F3N2O/c14-13(15,16)7-3-5-11(18-17)10-8-19-12-6-2-1-4-9(10)12/h1-2,4,6,8,11,18H,3,5,7,17H2. The summed E-state index contributed by atoms with van der Waals surface area (Å²) in [5.74, 6) is 5.43. The summed E-state index contributed by atoms with van der Waals surface area (Å²) < 4.78 is 41.8. The lowest BCUT2D eigenvalue weighted by Gasteiger charge is -2.15. The lowest BCUT2D eigenvalue weighted by molar-refractivity contribution is -0.135. The summed E-state index contributed by atoms with van der Waals surface area (Å²) in [6.45, 7) is 0. The van der Waals surface area contributed by atoms with Gasteiger partial charge >= 0.3 is 6.18 Å². The van der Waals surface area contributed by atoms with E-state index < -0.39 is 12.6 Å². The van der Waals surface area contributed by atoms with Gasteiger partial charge in [-0.2, -0.15) is 13.2 Å². The molecule has 1 aromatic heterocycles. The van der Waals surface area contributed by atoms with Gasteiger partial charge in [-0.05, 0) is 18.9 Å². The second kappa shape index (κ2) is 5.63. The van der Waals surface area contributed by atoms with Crippen LogP contribution in [0.4, 0.5) is 13.2 Å². The Kier molecular flexibility index (Phi) is 4.11. The monoisotopic (exact) mass is 272 g/mol. The van der Waals surface area contributed by atoms with E-state index in [4.69, 9.17) is 10.3 Å². The smallest absolute Gasteiger partial charge is 0.389 e.